The van der Waals surface area contributed by atoms with E-state index in [1.54, 1.807) is 24.2 Å². The molecule has 0 aromatic carbocycles. The second kappa shape index (κ2) is 6.14. The predicted molar refractivity (Wildman–Crippen MR) is 73.5 cm³/mol. The maximum atomic E-state index is 10.4. The van der Waals surface area contributed by atoms with Crippen molar-refractivity contribution < 1.29 is 9.84 Å². The summed E-state index contributed by atoms with van der Waals surface area (Å²) in [5.41, 5.74) is 0.652. The van der Waals surface area contributed by atoms with Gasteiger partial charge in [0, 0.05) is 18.1 Å². The number of aliphatic hydroxyl groups is 1. The highest BCUT2D eigenvalue weighted by Crippen LogP contribution is 2.30. The number of hydrogen-bond acceptors (Lipinski definition) is 6. The molecule has 0 aliphatic heterocycles. The molecular weight excluding hydrogens is 264 g/mol. The van der Waals surface area contributed by atoms with Crippen molar-refractivity contribution in [1.29, 1.82) is 0 Å². The normalized spacial score (nSPS) is 12.9. The van der Waals surface area contributed by atoms with E-state index in [2.05, 4.69) is 15.0 Å². The Hall–Kier alpha value is -1.44. The Morgan fingerprint density at radius 1 is 1.53 bits per heavy atom. The van der Waals surface area contributed by atoms with E-state index in [0.717, 1.165) is 6.54 Å². The first-order valence-electron chi connectivity index (χ1n) is 5.95. The van der Waals surface area contributed by atoms with Gasteiger partial charge in [0.2, 0.25) is 0 Å². The summed E-state index contributed by atoms with van der Waals surface area (Å²) in [5.74, 6) is 0.585. The molecule has 2 rings (SSSR count). The lowest BCUT2D eigenvalue weighted by Gasteiger charge is -2.15. The molecule has 0 bridgehead atoms. The highest BCUT2D eigenvalue weighted by atomic mass is 32.1. The fourth-order valence-electron chi connectivity index (χ4n) is 1.77. The van der Waals surface area contributed by atoms with E-state index in [1.807, 2.05) is 19.5 Å². The highest BCUT2D eigenvalue weighted by molar-refractivity contribution is 7.09. The van der Waals surface area contributed by atoms with Crippen molar-refractivity contribution >= 4 is 11.3 Å². The molecule has 0 radical (unpaired) electrons. The summed E-state index contributed by atoms with van der Waals surface area (Å²) in [4.78, 5) is 6.21. The summed E-state index contributed by atoms with van der Waals surface area (Å²) in [5, 5.41) is 17.2. The Morgan fingerprint density at radius 2 is 2.32 bits per heavy atom. The Morgan fingerprint density at radius 3 is 2.89 bits per heavy atom. The first kappa shape index (κ1) is 14.0. The summed E-state index contributed by atoms with van der Waals surface area (Å²) < 4.78 is 7.04. The smallest absolute Gasteiger partial charge is 0.163 e. The molecule has 7 heteroatoms. The molecule has 2 heterocycles. The minimum absolute atomic E-state index is 0.585. The lowest BCUT2D eigenvalue weighted by molar-refractivity contribution is 0.199. The van der Waals surface area contributed by atoms with Crippen LogP contribution in [0.3, 0.4) is 0 Å². The van der Waals surface area contributed by atoms with Crippen LogP contribution >= 0.6 is 11.3 Å². The number of nitrogens with zero attached hydrogens (tertiary/aromatic N) is 4. The van der Waals surface area contributed by atoms with Gasteiger partial charge in [-0.2, -0.15) is 5.10 Å². The molecule has 19 heavy (non-hydrogen) atoms. The fourth-order valence-corrected chi connectivity index (χ4v) is 2.39. The zero-order valence-corrected chi connectivity index (χ0v) is 12.1. The maximum absolute atomic E-state index is 10.4. The van der Waals surface area contributed by atoms with Crippen molar-refractivity contribution in [2.24, 2.45) is 0 Å². The van der Waals surface area contributed by atoms with Crippen molar-refractivity contribution in [2.45, 2.75) is 12.6 Å². The van der Waals surface area contributed by atoms with Gasteiger partial charge < -0.3 is 14.7 Å². The van der Waals surface area contributed by atoms with E-state index in [4.69, 9.17) is 4.74 Å². The van der Waals surface area contributed by atoms with Crippen LogP contribution in [0.1, 0.15) is 16.8 Å². The lowest BCUT2D eigenvalue weighted by Crippen LogP contribution is -2.21. The molecule has 0 amide bonds. The first-order valence-corrected chi connectivity index (χ1v) is 6.83. The molecular formula is C12H18N4O2S. The fraction of sp³-hybridized carbons (Fsp3) is 0.500. The highest BCUT2D eigenvalue weighted by Gasteiger charge is 2.23. The second-order valence-corrected chi connectivity index (χ2v) is 5.32. The van der Waals surface area contributed by atoms with Crippen molar-refractivity contribution in [1.82, 2.24) is 19.7 Å². The van der Waals surface area contributed by atoms with E-state index in [1.165, 1.54) is 11.3 Å². The zero-order valence-electron chi connectivity index (χ0n) is 11.3. The molecule has 0 spiro atoms. The lowest BCUT2D eigenvalue weighted by atomic mass is 10.2. The van der Waals surface area contributed by atoms with Crippen LogP contribution in [0.15, 0.2) is 17.8 Å². The zero-order chi connectivity index (χ0) is 13.8. The Bertz CT molecular complexity index is 510. The Kier molecular flexibility index (Phi) is 4.52. The number of aliphatic hydroxyl groups excluding tert-OH is 1. The summed E-state index contributed by atoms with van der Waals surface area (Å²) in [6, 6.07) is 0. The van der Waals surface area contributed by atoms with Crippen LogP contribution in [0.5, 0.6) is 5.75 Å². The standard InChI is InChI=1S/C12H18N4O2S/c1-15(2)5-6-16-10(9(18-3)8-14-16)11(17)12-13-4-7-19-12/h4,7-8,11,17H,5-6H2,1-3H3. The minimum atomic E-state index is -0.806. The van der Waals surface area contributed by atoms with Gasteiger partial charge in [0.1, 0.15) is 10.7 Å². The van der Waals surface area contributed by atoms with Gasteiger partial charge in [-0.1, -0.05) is 0 Å². The molecule has 2 aromatic rings. The number of hydrogen-bond donors (Lipinski definition) is 1. The second-order valence-electron chi connectivity index (χ2n) is 4.40. The van der Waals surface area contributed by atoms with Crippen molar-refractivity contribution in [2.75, 3.05) is 27.7 Å². The molecule has 104 valence electrons. The van der Waals surface area contributed by atoms with Crippen molar-refractivity contribution in [3.63, 3.8) is 0 Å². The van der Waals surface area contributed by atoms with Crippen LogP contribution in [0.25, 0.3) is 0 Å². The van der Waals surface area contributed by atoms with Crippen molar-refractivity contribution in [3.8, 4) is 5.75 Å². The van der Waals surface area contributed by atoms with E-state index < -0.39 is 6.10 Å². The summed E-state index contributed by atoms with van der Waals surface area (Å²) in [6.45, 7) is 1.52. The molecule has 2 aromatic heterocycles. The third kappa shape index (κ3) is 3.12. The van der Waals surface area contributed by atoms with E-state index in [-0.39, 0.29) is 0 Å². The largest absolute Gasteiger partial charge is 0.493 e. The van der Waals surface area contributed by atoms with Gasteiger partial charge in [0.15, 0.2) is 11.9 Å². The van der Waals surface area contributed by atoms with Crippen molar-refractivity contribution in [3.05, 3.63) is 28.5 Å². The third-order valence-corrected chi connectivity index (χ3v) is 3.60. The number of likely N-dealkylation sites (N-methyl/N-ethyl adjacent to an activating group) is 1. The number of ether oxygens (including phenoxy) is 1. The van der Waals surface area contributed by atoms with Crippen LogP contribution in [-0.2, 0) is 6.54 Å². The molecule has 1 atom stereocenters. The van der Waals surface area contributed by atoms with Crippen LogP contribution in [0.2, 0.25) is 0 Å². The average molecular weight is 282 g/mol. The number of rotatable bonds is 6. The number of thiazole rings is 1. The van der Waals surface area contributed by atoms with Gasteiger partial charge in [-0.3, -0.25) is 4.68 Å². The average Bonchev–Trinajstić information content (AvgIpc) is 3.04. The van der Waals surface area contributed by atoms with Gasteiger partial charge >= 0.3 is 0 Å². The van der Waals surface area contributed by atoms with Crippen LogP contribution in [-0.4, -0.2) is 52.5 Å². The summed E-state index contributed by atoms with van der Waals surface area (Å²) in [7, 11) is 5.57. The van der Waals surface area contributed by atoms with E-state index in [9.17, 15) is 5.11 Å². The monoisotopic (exact) mass is 282 g/mol. The van der Waals surface area contributed by atoms with Gasteiger partial charge in [0.25, 0.3) is 0 Å². The van der Waals surface area contributed by atoms with E-state index in [0.29, 0.717) is 23.0 Å². The molecule has 1 unspecified atom stereocenters. The van der Waals surface area contributed by atoms with Crippen LogP contribution in [0.4, 0.5) is 0 Å². The molecule has 0 saturated carbocycles. The van der Waals surface area contributed by atoms with Gasteiger partial charge in [-0.05, 0) is 14.1 Å². The van der Waals surface area contributed by atoms with E-state index >= 15 is 0 Å². The number of aromatic nitrogens is 3. The van der Waals surface area contributed by atoms with Crippen LogP contribution in [0, 0.1) is 0 Å². The topological polar surface area (TPSA) is 63.4 Å². The SMILES string of the molecule is COc1cnn(CCN(C)C)c1C(O)c1nccs1. The summed E-state index contributed by atoms with van der Waals surface area (Å²) >= 11 is 1.41. The molecule has 6 nitrogen and oxygen atoms in total. The summed E-state index contributed by atoms with van der Waals surface area (Å²) in [6.07, 6.45) is 2.50. The molecule has 0 saturated heterocycles. The molecule has 0 aliphatic carbocycles. The molecule has 1 N–H and O–H groups in total. The quantitative estimate of drug-likeness (QED) is 0.856. The number of methoxy groups -OCH3 is 1. The van der Waals surface area contributed by atoms with Gasteiger partial charge in [-0.25, -0.2) is 4.98 Å². The molecule has 0 fully saturated rings. The minimum Gasteiger partial charge on any atom is -0.493 e. The first-order chi connectivity index (χ1) is 9.13. The maximum Gasteiger partial charge on any atom is 0.163 e. The molecule has 0 aliphatic rings. The Balaban J connectivity index is 2.28. The van der Waals surface area contributed by atoms with Gasteiger partial charge in [0.05, 0.1) is 19.9 Å². The van der Waals surface area contributed by atoms with Crippen LogP contribution < -0.4 is 4.74 Å². The van der Waals surface area contributed by atoms with Gasteiger partial charge in [-0.15, -0.1) is 11.3 Å². The third-order valence-electron chi connectivity index (χ3n) is 2.77. The predicted octanol–water partition coefficient (Wildman–Crippen LogP) is 0.991. The Labute approximate surface area is 116 Å².